The van der Waals surface area contributed by atoms with Crippen LogP contribution in [0.5, 0.6) is 0 Å². The SMILES string of the molecule is O=C(O)[C@@H]1C2C=CC(CC2)[C@@H]1C(=O)O. The van der Waals surface area contributed by atoms with Crippen LogP contribution in [0.2, 0.25) is 0 Å². The minimum Gasteiger partial charge on any atom is -0.481 e. The predicted molar refractivity (Wildman–Crippen MR) is 47.6 cm³/mol. The number of aliphatic carboxylic acids is 2. The van der Waals surface area contributed by atoms with Crippen molar-refractivity contribution in [3.8, 4) is 0 Å². The van der Waals surface area contributed by atoms with Crippen molar-refractivity contribution in [2.75, 3.05) is 0 Å². The Labute approximate surface area is 81.2 Å². The number of hydrogen-bond acceptors (Lipinski definition) is 2. The van der Waals surface area contributed by atoms with Gasteiger partial charge in [-0.1, -0.05) is 12.2 Å². The summed E-state index contributed by atoms with van der Waals surface area (Å²) in [5.74, 6) is -3.57. The first kappa shape index (κ1) is 9.24. The van der Waals surface area contributed by atoms with Crippen LogP contribution < -0.4 is 0 Å². The second kappa shape index (κ2) is 3.12. The molecule has 0 spiro atoms. The predicted octanol–water partition coefficient (Wildman–Crippen LogP) is 0.984. The smallest absolute Gasteiger partial charge is 0.307 e. The molecule has 0 aromatic rings. The van der Waals surface area contributed by atoms with Gasteiger partial charge in [-0.05, 0) is 24.7 Å². The van der Waals surface area contributed by atoms with Crippen molar-refractivity contribution in [2.24, 2.45) is 23.7 Å². The van der Waals surface area contributed by atoms with Crippen LogP contribution in [0.25, 0.3) is 0 Å². The Morgan fingerprint density at radius 2 is 1.29 bits per heavy atom. The summed E-state index contributed by atoms with van der Waals surface area (Å²) in [6.07, 6.45) is 5.35. The second-order valence-electron chi connectivity index (χ2n) is 4.02. The van der Waals surface area contributed by atoms with Gasteiger partial charge in [-0.25, -0.2) is 0 Å². The topological polar surface area (TPSA) is 74.6 Å². The molecule has 3 aliphatic carbocycles. The normalized spacial score (nSPS) is 39.7. The van der Waals surface area contributed by atoms with Crippen molar-refractivity contribution < 1.29 is 19.8 Å². The van der Waals surface area contributed by atoms with Crippen LogP contribution >= 0.6 is 0 Å². The highest BCUT2D eigenvalue weighted by Crippen LogP contribution is 2.44. The molecular formula is C10H12O4. The molecule has 4 heteroatoms. The molecule has 0 saturated heterocycles. The van der Waals surface area contributed by atoms with E-state index in [1.807, 2.05) is 12.2 Å². The minimum absolute atomic E-state index is 0.0846. The van der Waals surface area contributed by atoms with Crippen molar-refractivity contribution in [3.05, 3.63) is 12.2 Å². The van der Waals surface area contributed by atoms with E-state index in [0.29, 0.717) is 0 Å². The molecule has 4 atom stereocenters. The average molecular weight is 196 g/mol. The molecule has 0 aromatic heterocycles. The summed E-state index contributed by atoms with van der Waals surface area (Å²) in [5, 5.41) is 18.0. The lowest BCUT2D eigenvalue weighted by molar-refractivity contribution is -0.160. The molecule has 3 aliphatic rings. The van der Waals surface area contributed by atoms with Crippen LogP contribution in [0.4, 0.5) is 0 Å². The molecule has 3 rings (SSSR count). The number of hydrogen-bond donors (Lipinski definition) is 2. The summed E-state index contributed by atoms with van der Waals surface area (Å²) < 4.78 is 0. The number of carboxylic acids is 2. The first-order chi connectivity index (χ1) is 6.61. The van der Waals surface area contributed by atoms with E-state index < -0.39 is 23.8 Å². The zero-order valence-corrected chi connectivity index (χ0v) is 7.59. The monoisotopic (exact) mass is 196 g/mol. The van der Waals surface area contributed by atoms with E-state index in [1.54, 1.807) is 0 Å². The molecule has 0 aliphatic heterocycles. The Kier molecular flexibility index (Phi) is 2.06. The van der Waals surface area contributed by atoms with Crippen molar-refractivity contribution in [2.45, 2.75) is 12.8 Å². The van der Waals surface area contributed by atoms with Gasteiger partial charge in [0.15, 0.2) is 0 Å². The Morgan fingerprint density at radius 3 is 1.50 bits per heavy atom. The molecule has 4 nitrogen and oxygen atoms in total. The summed E-state index contributed by atoms with van der Waals surface area (Å²) >= 11 is 0. The van der Waals surface area contributed by atoms with Crippen LogP contribution in [-0.2, 0) is 9.59 Å². The quantitative estimate of drug-likeness (QED) is 0.646. The fraction of sp³-hybridized carbons (Fsp3) is 0.600. The van der Waals surface area contributed by atoms with Gasteiger partial charge in [0.25, 0.3) is 0 Å². The van der Waals surface area contributed by atoms with Crippen molar-refractivity contribution in [3.63, 3.8) is 0 Å². The van der Waals surface area contributed by atoms with Crippen LogP contribution in [0.3, 0.4) is 0 Å². The molecule has 14 heavy (non-hydrogen) atoms. The first-order valence-electron chi connectivity index (χ1n) is 4.75. The lowest BCUT2D eigenvalue weighted by Gasteiger charge is -2.40. The molecule has 0 aromatic carbocycles. The van der Waals surface area contributed by atoms with Crippen LogP contribution in [-0.4, -0.2) is 22.2 Å². The summed E-state index contributed by atoms with van der Waals surface area (Å²) in [6, 6.07) is 0. The Balaban J connectivity index is 2.33. The van der Waals surface area contributed by atoms with E-state index in [1.165, 1.54) is 0 Å². The zero-order valence-electron chi connectivity index (χ0n) is 7.59. The second-order valence-corrected chi connectivity index (χ2v) is 4.02. The van der Waals surface area contributed by atoms with Gasteiger partial charge in [0, 0.05) is 0 Å². The molecule has 76 valence electrons. The summed E-state index contributed by atoms with van der Waals surface area (Å²) in [5.41, 5.74) is 0. The summed E-state index contributed by atoms with van der Waals surface area (Å²) in [6.45, 7) is 0. The lowest BCUT2D eigenvalue weighted by Crippen LogP contribution is -2.45. The third-order valence-corrected chi connectivity index (χ3v) is 3.32. The minimum atomic E-state index is -0.976. The molecule has 1 saturated carbocycles. The Morgan fingerprint density at radius 1 is 0.929 bits per heavy atom. The Hall–Kier alpha value is -1.32. The number of rotatable bonds is 2. The molecule has 1 fully saturated rings. The number of allylic oxidation sites excluding steroid dienone is 2. The maximum absolute atomic E-state index is 11.0. The maximum atomic E-state index is 11.0. The van der Waals surface area contributed by atoms with E-state index in [2.05, 4.69) is 0 Å². The molecule has 2 bridgehead atoms. The zero-order chi connectivity index (χ0) is 10.3. The van der Waals surface area contributed by atoms with E-state index in [4.69, 9.17) is 10.2 Å². The van der Waals surface area contributed by atoms with Gasteiger partial charge in [0.1, 0.15) is 0 Å². The summed E-state index contributed by atoms with van der Waals surface area (Å²) in [7, 11) is 0. The molecule has 2 unspecified atom stereocenters. The van der Waals surface area contributed by atoms with E-state index >= 15 is 0 Å². The van der Waals surface area contributed by atoms with Gasteiger partial charge in [0.2, 0.25) is 0 Å². The van der Waals surface area contributed by atoms with Crippen LogP contribution in [0.1, 0.15) is 12.8 Å². The van der Waals surface area contributed by atoms with Crippen molar-refractivity contribution >= 4 is 11.9 Å². The molecule has 0 heterocycles. The Bertz CT molecular complexity index is 277. The fourth-order valence-corrected chi connectivity index (χ4v) is 2.67. The van der Waals surface area contributed by atoms with Gasteiger partial charge in [-0.2, -0.15) is 0 Å². The number of carboxylic acid groups (broad SMARTS) is 2. The molecule has 0 radical (unpaired) electrons. The third-order valence-electron chi connectivity index (χ3n) is 3.32. The van der Waals surface area contributed by atoms with Crippen LogP contribution in [0.15, 0.2) is 12.2 Å². The lowest BCUT2D eigenvalue weighted by atomic mass is 9.62. The fourth-order valence-electron chi connectivity index (χ4n) is 2.67. The van der Waals surface area contributed by atoms with E-state index in [0.717, 1.165) is 12.8 Å². The standard InChI is InChI=1S/C10H12O4/c11-9(12)7-5-1-2-6(4-3-5)8(7)10(13)14/h1-2,5-8H,3-4H2,(H,11,12)(H,13,14)/t5?,6?,7-,8+. The molecule has 0 amide bonds. The van der Waals surface area contributed by atoms with Crippen LogP contribution in [0, 0.1) is 23.7 Å². The van der Waals surface area contributed by atoms with Gasteiger partial charge < -0.3 is 10.2 Å². The van der Waals surface area contributed by atoms with Gasteiger partial charge in [-0.3, -0.25) is 9.59 Å². The highest BCUT2D eigenvalue weighted by atomic mass is 16.4. The third kappa shape index (κ3) is 1.22. The average Bonchev–Trinajstić information content (AvgIpc) is 2.17. The van der Waals surface area contributed by atoms with Gasteiger partial charge in [0.05, 0.1) is 11.8 Å². The van der Waals surface area contributed by atoms with Crippen molar-refractivity contribution in [1.29, 1.82) is 0 Å². The van der Waals surface area contributed by atoms with E-state index in [-0.39, 0.29) is 11.8 Å². The maximum Gasteiger partial charge on any atom is 0.307 e. The van der Waals surface area contributed by atoms with Gasteiger partial charge >= 0.3 is 11.9 Å². The largest absolute Gasteiger partial charge is 0.481 e. The molecule has 2 N–H and O–H groups in total. The number of fused-ring (bicyclic) bond motifs is 2. The highest BCUT2D eigenvalue weighted by Gasteiger charge is 2.48. The first-order valence-corrected chi connectivity index (χ1v) is 4.75. The van der Waals surface area contributed by atoms with Crippen molar-refractivity contribution in [1.82, 2.24) is 0 Å². The van der Waals surface area contributed by atoms with E-state index in [9.17, 15) is 9.59 Å². The van der Waals surface area contributed by atoms with Gasteiger partial charge in [-0.15, -0.1) is 0 Å². The summed E-state index contributed by atoms with van der Waals surface area (Å²) in [4.78, 5) is 21.9. The molecular weight excluding hydrogens is 184 g/mol. The highest BCUT2D eigenvalue weighted by molar-refractivity contribution is 5.81. The number of carbonyl (C=O) groups is 2.